The number of nitrogens with zero attached hydrogens (tertiary/aromatic N) is 1. The molecule has 0 bridgehead atoms. The monoisotopic (exact) mass is 388 g/mol. The third-order valence-corrected chi connectivity index (χ3v) is 4.99. The number of nitrogens with one attached hydrogen (secondary N) is 1. The molecule has 0 radical (unpaired) electrons. The number of ether oxygens (including phenoxy) is 1. The van der Waals surface area contributed by atoms with Crippen LogP contribution in [0.4, 0.5) is 0 Å². The number of hydrogen-bond donors (Lipinski definition) is 2. The van der Waals surface area contributed by atoms with Gasteiger partial charge < -0.3 is 15.2 Å². The Morgan fingerprint density at radius 3 is 2.66 bits per heavy atom. The number of fused-ring (bicyclic) bond motifs is 2. The van der Waals surface area contributed by atoms with E-state index in [-0.39, 0.29) is 18.3 Å². The van der Waals surface area contributed by atoms with Crippen LogP contribution in [0.25, 0.3) is 22.6 Å². The maximum absolute atomic E-state index is 12.9. The largest absolute Gasteiger partial charge is 0.508 e. The molecular weight excluding hydrogens is 368 g/mol. The average molecular weight is 388 g/mol. The molecule has 0 saturated heterocycles. The summed E-state index contributed by atoms with van der Waals surface area (Å²) >= 11 is 0. The molecule has 3 aromatic rings. The van der Waals surface area contributed by atoms with Gasteiger partial charge in [-0.3, -0.25) is 4.79 Å². The molecular formula is C23H20N2O4. The first-order chi connectivity index (χ1) is 14.1. The first kappa shape index (κ1) is 18.7. The van der Waals surface area contributed by atoms with Crippen LogP contribution in [0.15, 0.2) is 48.5 Å². The second-order valence-electron chi connectivity index (χ2n) is 6.84. The summed E-state index contributed by atoms with van der Waals surface area (Å²) in [5.74, 6) is -0.667. The summed E-state index contributed by atoms with van der Waals surface area (Å²) in [5, 5.41) is 12.7. The highest BCUT2D eigenvalue weighted by atomic mass is 16.5. The van der Waals surface area contributed by atoms with Gasteiger partial charge in [-0.1, -0.05) is 30.3 Å². The molecule has 6 heteroatoms. The second-order valence-corrected chi connectivity index (χ2v) is 6.84. The van der Waals surface area contributed by atoms with E-state index in [1.54, 1.807) is 12.1 Å². The molecule has 0 saturated carbocycles. The number of allylic oxidation sites excluding steroid dienone is 1. The zero-order valence-corrected chi connectivity index (χ0v) is 15.9. The lowest BCUT2D eigenvalue weighted by Gasteiger charge is -2.12. The van der Waals surface area contributed by atoms with Crippen molar-refractivity contribution in [1.82, 2.24) is 10.3 Å². The maximum Gasteiger partial charge on any atom is 0.339 e. The zero-order chi connectivity index (χ0) is 20.4. The maximum atomic E-state index is 12.9. The van der Waals surface area contributed by atoms with Crippen LogP contribution in [0, 0.1) is 0 Å². The van der Waals surface area contributed by atoms with E-state index in [9.17, 15) is 14.7 Å². The van der Waals surface area contributed by atoms with Gasteiger partial charge in [0.2, 0.25) is 0 Å². The minimum Gasteiger partial charge on any atom is -0.508 e. The Hall–Kier alpha value is -3.67. The Kier molecular flexibility index (Phi) is 4.99. The van der Waals surface area contributed by atoms with Gasteiger partial charge in [-0.25, -0.2) is 9.78 Å². The van der Waals surface area contributed by atoms with Crippen molar-refractivity contribution in [3.63, 3.8) is 0 Å². The fraction of sp³-hybridized carbons (Fsp3) is 0.174. The third kappa shape index (κ3) is 3.69. The molecule has 146 valence electrons. The van der Waals surface area contributed by atoms with Gasteiger partial charge in [0.1, 0.15) is 5.75 Å². The Morgan fingerprint density at radius 2 is 1.90 bits per heavy atom. The first-order valence-electron chi connectivity index (χ1n) is 9.36. The molecule has 1 amide bonds. The summed E-state index contributed by atoms with van der Waals surface area (Å²) in [7, 11) is 1.50. The van der Waals surface area contributed by atoms with Crippen molar-refractivity contribution in [1.29, 1.82) is 0 Å². The number of benzene rings is 2. The highest BCUT2D eigenvalue weighted by Gasteiger charge is 2.27. The molecule has 29 heavy (non-hydrogen) atoms. The smallest absolute Gasteiger partial charge is 0.339 e. The lowest BCUT2D eigenvalue weighted by molar-refractivity contribution is -0.123. The SMILES string of the molecule is CNC(=O)COC(=O)c1c2c(nc3ccccc13)/C(=C\c1ccc(O)cc1)CC2. The topological polar surface area (TPSA) is 88.5 Å². The molecule has 0 spiro atoms. The number of carbonyl (C=O) groups is 2. The van der Waals surface area contributed by atoms with Crippen molar-refractivity contribution in [3.05, 3.63) is 70.9 Å². The van der Waals surface area contributed by atoms with E-state index in [4.69, 9.17) is 9.72 Å². The summed E-state index contributed by atoms with van der Waals surface area (Å²) in [4.78, 5) is 29.2. The number of pyridine rings is 1. The van der Waals surface area contributed by atoms with Crippen LogP contribution in [0.3, 0.4) is 0 Å². The van der Waals surface area contributed by atoms with Crippen LogP contribution in [-0.2, 0) is 16.0 Å². The fourth-order valence-electron chi connectivity index (χ4n) is 3.56. The van der Waals surface area contributed by atoms with Crippen LogP contribution < -0.4 is 5.32 Å². The first-order valence-corrected chi connectivity index (χ1v) is 9.36. The summed E-state index contributed by atoms with van der Waals surface area (Å²) < 4.78 is 5.25. The van der Waals surface area contributed by atoms with Crippen molar-refractivity contribution in [3.8, 4) is 5.75 Å². The van der Waals surface area contributed by atoms with Gasteiger partial charge in [-0.2, -0.15) is 0 Å². The molecule has 1 aliphatic rings. The third-order valence-electron chi connectivity index (χ3n) is 4.99. The van der Waals surface area contributed by atoms with Crippen molar-refractivity contribution in [2.75, 3.05) is 13.7 Å². The van der Waals surface area contributed by atoms with Crippen molar-refractivity contribution in [2.45, 2.75) is 12.8 Å². The van der Waals surface area contributed by atoms with Crippen molar-refractivity contribution in [2.24, 2.45) is 0 Å². The van der Waals surface area contributed by atoms with Gasteiger partial charge in [-0.05, 0) is 53.8 Å². The van der Waals surface area contributed by atoms with Crippen LogP contribution in [0.5, 0.6) is 5.75 Å². The number of rotatable bonds is 4. The Bertz CT molecular complexity index is 1130. The predicted octanol–water partition coefficient (Wildman–Crippen LogP) is 3.33. The minimum atomic E-state index is -0.519. The van der Waals surface area contributed by atoms with Crippen LogP contribution >= 0.6 is 0 Å². The standard InChI is InChI=1S/C23H20N2O4/c1-24-20(27)13-29-23(28)21-17-4-2-3-5-19(17)25-22-15(8-11-18(21)22)12-14-6-9-16(26)10-7-14/h2-7,9-10,12,26H,8,11,13H2,1H3,(H,24,27)/b15-12-. The number of amides is 1. The average Bonchev–Trinajstić information content (AvgIpc) is 3.13. The summed E-state index contributed by atoms with van der Waals surface area (Å²) in [6, 6.07) is 14.4. The molecule has 4 rings (SSSR count). The number of phenolic OH excluding ortho intramolecular Hbond substituents is 1. The molecule has 0 unspecified atom stereocenters. The summed E-state index contributed by atoms with van der Waals surface area (Å²) in [5.41, 5.74) is 4.78. The summed E-state index contributed by atoms with van der Waals surface area (Å²) in [6.45, 7) is -0.322. The van der Waals surface area contributed by atoms with Crippen molar-refractivity contribution >= 4 is 34.4 Å². The number of likely N-dealkylation sites (N-methyl/N-ethyl adjacent to an activating group) is 1. The molecule has 0 fully saturated rings. The predicted molar refractivity (Wildman–Crippen MR) is 110 cm³/mol. The molecule has 1 aromatic heterocycles. The van der Waals surface area contributed by atoms with E-state index >= 15 is 0 Å². The zero-order valence-electron chi connectivity index (χ0n) is 15.9. The lowest BCUT2D eigenvalue weighted by atomic mass is 10.0. The number of para-hydroxylation sites is 1. The summed E-state index contributed by atoms with van der Waals surface area (Å²) in [6.07, 6.45) is 3.43. The molecule has 6 nitrogen and oxygen atoms in total. The highest BCUT2D eigenvalue weighted by Crippen LogP contribution is 2.37. The molecule has 1 heterocycles. The molecule has 0 atom stereocenters. The van der Waals surface area contributed by atoms with Crippen LogP contribution in [0.2, 0.25) is 0 Å². The Morgan fingerprint density at radius 1 is 1.14 bits per heavy atom. The fourth-order valence-corrected chi connectivity index (χ4v) is 3.56. The van der Waals surface area contributed by atoms with Gasteiger partial charge >= 0.3 is 5.97 Å². The second kappa shape index (κ2) is 7.75. The van der Waals surface area contributed by atoms with Gasteiger partial charge in [0, 0.05) is 12.4 Å². The van der Waals surface area contributed by atoms with E-state index < -0.39 is 5.97 Å². The van der Waals surface area contributed by atoms with Gasteiger partial charge in [0.15, 0.2) is 6.61 Å². The van der Waals surface area contributed by atoms with Crippen LogP contribution in [-0.4, -0.2) is 35.6 Å². The number of hydrogen-bond acceptors (Lipinski definition) is 5. The van der Waals surface area contributed by atoms with Crippen LogP contribution in [0.1, 0.15) is 33.6 Å². The molecule has 2 N–H and O–H groups in total. The Labute approximate surface area is 167 Å². The normalized spacial score (nSPS) is 14.0. The van der Waals surface area contributed by atoms with E-state index in [1.165, 1.54) is 7.05 Å². The number of aromatic nitrogens is 1. The van der Waals surface area contributed by atoms with E-state index in [2.05, 4.69) is 5.32 Å². The minimum absolute atomic E-state index is 0.212. The highest BCUT2D eigenvalue weighted by molar-refractivity contribution is 6.07. The number of esters is 1. The molecule has 0 aliphatic heterocycles. The molecule has 1 aliphatic carbocycles. The number of phenols is 1. The van der Waals surface area contributed by atoms with Gasteiger partial charge in [0.05, 0.1) is 16.8 Å². The quantitative estimate of drug-likeness (QED) is 0.670. The van der Waals surface area contributed by atoms with Gasteiger partial charge in [-0.15, -0.1) is 0 Å². The van der Waals surface area contributed by atoms with E-state index in [1.807, 2.05) is 42.5 Å². The Balaban J connectivity index is 1.80. The number of aromatic hydroxyl groups is 1. The number of carbonyl (C=O) groups excluding carboxylic acids is 2. The van der Waals surface area contributed by atoms with Gasteiger partial charge in [0.25, 0.3) is 5.91 Å². The van der Waals surface area contributed by atoms with E-state index in [0.717, 1.165) is 34.2 Å². The molecule has 2 aromatic carbocycles. The lowest BCUT2D eigenvalue weighted by Crippen LogP contribution is -2.25. The van der Waals surface area contributed by atoms with Crippen molar-refractivity contribution < 1.29 is 19.4 Å². The van der Waals surface area contributed by atoms with E-state index in [0.29, 0.717) is 17.5 Å².